The van der Waals surface area contributed by atoms with Crippen molar-refractivity contribution in [2.75, 3.05) is 0 Å². The predicted octanol–water partition coefficient (Wildman–Crippen LogP) is 2.84. The first kappa shape index (κ1) is 11.0. The lowest BCUT2D eigenvalue weighted by atomic mass is 10.0. The molecule has 0 aliphatic rings. The summed E-state index contributed by atoms with van der Waals surface area (Å²) in [6, 6.07) is 4.07. The summed E-state index contributed by atoms with van der Waals surface area (Å²) < 4.78 is 7.22. The lowest BCUT2D eigenvalue weighted by molar-refractivity contribution is 0.598. The molecular formula is C13H14N4O. The van der Waals surface area contributed by atoms with E-state index in [1.54, 1.807) is 11.0 Å². The fourth-order valence-corrected chi connectivity index (χ4v) is 2.07. The molecule has 0 amide bonds. The number of oxazole rings is 1. The van der Waals surface area contributed by atoms with Crippen LogP contribution in [0.2, 0.25) is 0 Å². The highest BCUT2D eigenvalue weighted by Gasteiger charge is 2.14. The Morgan fingerprint density at radius 2 is 2.06 bits per heavy atom. The van der Waals surface area contributed by atoms with Crippen LogP contribution in [-0.4, -0.2) is 19.7 Å². The second-order valence-corrected chi connectivity index (χ2v) is 4.60. The molecule has 92 valence electrons. The molecule has 3 aromatic rings. The van der Waals surface area contributed by atoms with E-state index in [2.05, 4.69) is 35.0 Å². The second kappa shape index (κ2) is 3.94. The third-order valence-electron chi connectivity index (χ3n) is 2.97. The minimum absolute atomic E-state index is 0.407. The Hall–Kier alpha value is -2.17. The summed E-state index contributed by atoms with van der Waals surface area (Å²) in [5.41, 5.74) is 3.70. The number of fused-ring (bicyclic) bond motifs is 1. The molecule has 5 nitrogen and oxygen atoms in total. The molecular weight excluding hydrogens is 228 g/mol. The van der Waals surface area contributed by atoms with E-state index in [-0.39, 0.29) is 0 Å². The minimum atomic E-state index is 0.407. The van der Waals surface area contributed by atoms with Gasteiger partial charge < -0.3 is 4.42 Å². The molecule has 0 saturated heterocycles. The molecule has 3 rings (SSSR count). The van der Waals surface area contributed by atoms with E-state index < -0.39 is 0 Å². The van der Waals surface area contributed by atoms with Gasteiger partial charge in [0.1, 0.15) is 23.4 Å². The maximum Gasteiger partial charge on any atom is 0.182 e. The Morgan fingerprint density at radius 3 is 2.72 bits per heavy atom. The molecule has 18 heavy (non-hydrogen) atoms. The average molecular weight is 242 g/mol. The summed E-state index contributed by atoms with van der Waals surface area (Å²) in [6.45, 7) is 6.14. The van der Waals surface area contributed by atoms with Crippen LogP contribution in [0.15, 0.2) is 29.3 Å². The van der Waals surface area contributed by atoms with E-state index in [1.165, 1.54) is 12.0 Å². The highest BCUT2D eigenvalue weighted by molar-refractivity contribution is 5.84. The first-order valence-corrected chi connectivity index (χ1v) is 5.91. The fourth-order valence-electron chi connectivity index (χ4n) is 2.07. The Bertz CT molecular complexity index is 696. The van der Waals surface area contributed by atoms with Gasteiger partial charge in [-0.1, -0.05) is 19.9 Å². The van der Waals surface area contributed by atoms with Crippen molar-refractivity contribution in [1.29, 1.82) is 0 Å². The largest absolute Gasteiger partial charge is 0.441 e. The zero-order chi connectivity index (χ0) is 12.7. The predicted molar refractivity (Wildman–Crippen MR) is 67.8 cm³/mol. The molecule has 1 aromatic carbocycles. The highest BCUT2D eigenvalue weighted by atomic mass is 16.3. The van der Waals surface area contributed by atoms with Crippen LogP contribution in [-0.2, 0) is 0 Å². The van der Waals surface area contributed by atoms with E-state index in [0.717, 1.165) is 22.6 Å². The van der Waals surface area contributed by atoms with Gasteiger partial charge in [-0.15, -0.1) is 0 Å². The van der Waals surface area contributed by atoms with E-state index >= 15 is 0 Å². The van der Waals surface area contributed by atoms with Crippen LogP contribution in [0.1, 0.15) is 31.2 Å². The molecule has 0 N–H and O–H groups in total. The Kier molecular flexibility index (Phi) is 2.40. The number of nitrogens with zero attached hydrogens (tertiary/aromatic N) is 4. The molecule has 0 unspecified atom stereocenters. The van der Waals surface area contributed by atoms with Crippen LogP contribution in [0.25, 0.3) is 16.8 Å². The topological polar surface area (TPSA) is 56.7 Å². The number of hydrogen-bond acceptors (Lipinski definition) is 4. The third-order valence-corrected chi connectivity index (χ3v) is 2.97. The van der Waals surface area contributed by atoms with Crippen molar-refractivity contribution < 1.29 is 4.42 Å². The van der Waals surface area contributed by atoms with Gasteiger partial charge in [-0.3, -0.25) is 0 Å². The smallest absolute Gasteiger partial charge is 0.182 e. The molecule has 0 aliphatic carbocycles. The van der Waals surface area contributed by atoms with Crippen LogP contribution in [0.4, 0.5) is 0 Å². The number of aromatic nitrogens is 4. The maximum absolute atomic E-state index is 5.50. The van der Waals surface area contributed by atoms with Gasteiger partial charge >= 0.3 is 0 Å². The van der Waals surface area contributed by atoms with Crippen molar-refractivity contribution in [1.82, 2.24) is 19.7 Å². The van der Waals surface area contributed by atoms with Crippen LogP contribution in [0.5, 0.6) is 0 Å². The number of hydrogen-bond donors (Lipinski definition) is 0. The van der Waals surface area contributed by atoms with Crippen molar-refractivity contribution in [2.45, 2.75) is 26.7 Å². The molecule has 2 heterocycles. The summed E-state index contributed by atoms with van der Waals surface area (Å²) in [5.74, 6) is 1.14. The van der Waals surface area contributed by atoms with Gasteiger partial charge in [-0.05, 0) is 24.5 Å². The van der Waals surface area contributed by atoms with E-state index in [9.17, 15) is 0 Å². The molecule has 0 saturated carbocycles. The standard InChI is InChI=1S/C13H14N4O/c1-8(2)10-4-5-11(13-12(10)15-7-18-13)17-6-14-9(3)16-17/h4-8H,1-3H3. The van der Waals surface area contributed by atoms with Gasteiger partial charge in [0.15, 0.2) is 12.0 Å². The molecule has 0 radical (unpaired) electrons. The van der Waals surface area contributed by atoms with Crippen LogP contribution in [0, 0.1) is 6.92 Å². The molecule has 0 spiro atoms. The molecule has 5 heteroatoms. The van der Waals surface area contributed by atoms with E-state index in [1.807, 2.05) is 13.0 Å². The van der Waals surface area contributed by atoms with Crippen molar-refractivity contribution in [2.24, 2.45) is 0 Å². The Balaban J connectivity index is 2.26. The summed E-state index contributed by atoms with van der Waals surface area (Å²) in [5, 5.41) is 4.30. The van der Waals surface area contributed by atoms with Gasteiger partial charge in [0, 0.05) is 0 Å². The first-order chi connectivity index (χ1) is 8.66. The number of rotatable bonds is 2. The van der Waals surface area contributed by atoms with Gasteiger partial charge in [0.2, 0.25) is 0 Å². The normalized spacial score (nSPS) is 11.6. The van der Waals surface area contributed by atoms with E-state index in [4.69, 9.17) is 4.42 Å². The monoisotopic (exact) mass is 242 g/mol. The molecule has 0 bridgehead atoms. The lowest BCUT2D eigenvalue weighted by Crippen LogP contribution is -1.98. The molecule has 0 atom stereocenters. The maximum atomic E-state index is 5.50. The molecule has 0 aliphatic heterocycles. The fraction of sp³-hybridized carbons (Fsp3) is 0.308. The van der Waals surface area contributed by atoms with Crippen LogP contribution >= 0.6 is 0 Å². The lowest BCUT2D eigenvalue weighted by Gasteiger charge is -2.08. The van der Waals surface area contributed by atoms with Crippen LogP contribution < -0.4 is 0 Å². The summed E-state index contributed by atoms with van der Waals surface area (Å²) in [6.07, 6.45) is 3.16. The zero-order valence-corrected chi connectivity index (χ0v) is 10.6. The van der Waals surface area contributed by atoms with Crippen molar-refractivity contribution in [3.8, 4) is 5.69 Å². The Labute approximate surface area is 104 Å². The third kappa shape index (κ3) is 1.59. The quantitative estimate of drug-likeness (QED) is 0.693. The first-order valence-electron chi connectivity index (χ1n) is 5.91. The average Bonchev–Trinajstić information content (AvgIpc) is 2.95. The van der Waals surface area contributed by atoms with Gasteiger partial charge in [0.05, 0.1) is 0 Å². The van der Waals surface area contributed by atoms with Crippen molar-refractivity contribution in [3.63, 3.8) is 0 Å². The number of aryl methyl sites for hydroxylation is 1. The Morgan fingerprint density at radius 1 is 1.22 bits per heavy atom. The summed E-state index contributed by atoms with van der Waals surface area (Å²) in [4.78, 5) is 8.44. The zero-order valence-electron chi connectivity index (χ0n) is 10.6. The van der Waals surface area contributed by atoms with E-state index in [0.29, 0.717) is 5.92 Å². The SMILES string of the molecule is Cc1ncn(-c2ccc(C(C)C)c3ncoc23)n1. The number of benzene rings is 1. The highest BCUT2D eigenvalue weighted by Crippen LogP contribution is 2.28. The molecule has 0 fully saturated rings. The van der Waals surface area contributed by atoms with Crippen molar-refractivity contribution >= 4 is 11.1 Å². The minimum Gasteiger partial charge on any atom is -0.441 e. The summed E-state index contributed by atoms with van der Waals surface area (Å²) >= 11 is 0. The summed E-state index contributed by atoms with van der Waals surface area (Å²) in [7, 11) is 0. The van der Waals surface area contributed by atoms with Gasteiger partial charge in [-0.2, -0.15) is 5.10 Å². The van der Waals surface area contributed by atoms with Gasteiger partial charge in [-0.25, -0.2) is 14.6 Å². The van der Waals surface area contributed by atoms with Crippen LogP contribution in [0.3, 0.4) is 0 Å². The van der Waals surface area contributed by atoms with Gasteiger partial charge in [0.25, 0.3) is 0 Å². The molecule has 2 aromatic heterocycles. The van der Waals surface area contributed by atoms with Crippen molar-refractivity contribution in [3.05, 3.63) is 36.2 Å². The second-order valence-electron chi connectivity index (χ2n) is 4.60.